The zero-order valence-electron chi connectivity index (χ0n) is 11.9. The van der Waals surface area contributed by atoms with Crippen molar-refractivity contribution in [2.24, 2.45) is 0 Å². The maximum atomic E-state index is 10.7. The summed E-state index contributed by atoms with van der Waals surface area (Å²) in [6.07, 6.45) is 0. The van der Waals surface area contributed by atoms with Gasteiger partial charge in [0.1, 0.15) is 5.82 Å². The van der Waals surface area contributed by atoms with Gasteiger partial charge in [-0.15, -0.1) is 0 Å². The van der Waals surface area contributed by atoms with E-state index in [2.05, 4.69) is 31.2 Å². The number of nitro benzene ring substituents is 1. The molecule has 0 bridgehead atoms. The molecule has 0 unspecified atom stereocenters. The number of nitrogens with zero attached hydrogens (tertiary/aromatic N) is 3. The van der Waals surface area contributed by atoms with Crippen LogP contribution in [0.1, 0.15) is 25.5 Å². The fourth-order valence-electron chi connectivity index (χ4n) is 1.87. The Kier molecular flexibility index (Phi) is 4.52. The number of hydrogen-bond acceptors (Lipinski definition) is 5. The van der Waals surface area contributed by atoms with E-state index < -0.39 is 4.92 Å². The van der Waals surface area contributed by atoms with Crippen LogP contribution in [0.2, 0.25) is 0 Å². The first kappa shape index (κ1) is 15.4. The van der Waals surface area contributed by atoms with Gasteiger partial charge in [0.05, 0.1) is 15.1 Å². The molecule has 1 heterocycles. The molecule has 0 saturated heterocycles. The van der Waals surface area contributed by atoms with Crippen LogP contribution >= 0.6 is 15.9 Å². The van der Waals surface area contributed by atoms with Gasteiger partial charge in [0, 0.05) is 24.7 Å². The van der Waals surface area contributed by atoms with E-state index in [4.69, 9.17) is 0 Å². The Bertz CT molecular complexity index is 671. The predicted octanol–water partition coefficient (Wildman–Crippen LogP) is 3.98. The number of non-ortho nitro benzene ring substituents is 1. The van der Waals surface area contributed by atoms with Crippen molar-refractivity contribution in [1.82, 2.24) is 9.97 Å². The highest BCUT2D eigenvalue weighted by molar-refractivity contribution is 9.10. The van der Waals surface area contributed by atoms with Crippen LogP contribution in [0.25, 0.3) is 11.4 Å². The molecule has 1 aromatic carbocycles. The highest BCUT2D eigenvalue weighted by Gasteiger charge is 2.15. The van der Waals surface area contributed by atoms with Crippen LogP contribution in [0.15, 0.2) is 28.7 Å². The lowest BCUT2D eigenvalue weighted by molar-refractivity contribution is -0.384. The lowest BCUT2D eigenvalue weighted by atomic mass is 10.1. The Morgan fingerprint density at radius 2 is 1.86 bits per heavy atom. The summed E-state index contributed by atoms with van der Waals surface area (Å²) in [4.78, 5) is 19.3. The third-order valence-corrected chi connectivity index (χ3v) is 3.78. The molecular formula is C14H15BrN4O2. The molecule has 0 saturated carbocycles. The zero-order chi connectivity index (χ0) is 15.6. The minimum Gasteiger partial charge on any atom is -0.372 e. The molecular weight excluding hydrogens is 336 g/mol. The van der Waals surface area contributed by atoms with E-state index in [1.165, 1.54) is 12.1 Å². The molecule has 2 aromatic rings. The molecule has 2 rings (SSSR count). The summed E-state index contributed by atoms with van der Waals surface area (Å²) in [5, 5.41) is 13.7. The second kappa shape index (κ2) is 6.17. The topological polar surface area (TPSA) is 81.0 Å². The predicted molar refractivity (Wildman–Crippen MR) is 85.5 cm³/mol. The summed E-state index contributed by atoms with van der Waals surface area (Å²) in [5.74, 6) is 1.47. The number of nitro groups is 1. The highest BCUT2D eigenvalue weighted by atomic mass is 79.9. The van der Waals surface area contributed by atoms with Gasteiger partial charge in [0.2, 0.25) is 0 Å². The highest BCUT2D eigenvalue weighted by Crippen LogP contribution is 2.31. The fourth-order valence-corrected chi connectivity index (χ4v) is 2.71. The first-order chi connectivity index (χ1) is 9.93. The molecule has 0 radical (unpaired) electrons. The molecule has 0 aliphatic heterocycles. The van der Waals surface area contributed by atoms with E-state index in [0.29, 0.717) is 11.6 Å². The molecule has 6 nitrogen and oxygen atoms in total. The van der Waals surface area contributed by atoms with Gasteiger partial charge in [-0.3, -0.25) is 10.1 Å². The summed E-state index contributed by atoms with van der Waals surface area (Å²) < 4.78 is 0.839. The maximum absolute atomic E-state index is 10.7. The normalized spacial score (nSPS) is 10.7. The van der Waals surface area contributed by atoms with E-state index in [1.54, 1.807) is 19.2 Å². The number of nitrogens with one attached hydrogen (secondary N) is 1. The maximum Gasteiger partial charge on any atom is 0.269 e. The SMILES string of the molecule is CNc1nc(-c2ccc([N+](=O)[O-])cc2)nc(C(C)C)c1Br. The Balaban J connectivity index is 2.52. The van der Waals surface area contributed by atoms with Crippen molar-refractivity contribution in [3.05, 3.63) is 44.5 Å². The molecule has 21 heavy (non-hydrogen) atoms. The molecule has 0 fully saturated rings. The van der Waals surface area contributed by atoms with Gasteiger partial charge in [0.25, 0.3) is 5.69 Å². The van der Waals surface area contributed by atoms with Crippen LogP contribution in [-0.2, 0) is 0 Å². The van der Waals surface area contributed by atoms with Crippen molar-refractivity contribution in [1.29, 1.82) is 0 Å². The van der Waals surface area contributed by atoms with Gasteiger partial charge < -0.3 is 5.32 Å². The second-order valence-corrected chi connectivity index (χ2v) is 5.60. The third-order valence-electron chi connectivity index (χ3n) is 3.00. The van der Waals surface area contributed by atoms with Gasteiger partial charge >= 0.3 is 0 Å². The number of benzene rings is 1. The quantitative estimate of drug-likeness (QED) is 0.666. The van der Waals surface area contributed by atoms with Crippen LogP contribution in [0.4, 0.5) is 11.5 Å². The van der Waals surface area contributed by atoms with Crippen molar-refractivity contribution < 1.29 is 4.92 Å². The van der Waals surface area contributed by atoms with E-state index in [-0.39, 0.29) is 11.6 Å². The molecule has 0 aliphatic rings. The fraction of sp³-hybridized carbons (Fsp3) is 0.286. The Labute approximate surface area is 130 Å². The van der Waals surface area contributed by atoms with E-state index in [1.807, 2.05) is 13.8 Å². The van der Waals surface area contributed by atoms with Crippen molar-refractivity contribution in [2.45, 2.75) is 19.8 Å². The molecule has 7 heteroatoms. The molecule has 0 spiro atoms. The number of aromatic nitrogens is 2. The number of rotatable bonds is 4. The minimum absolute atomic E-state index is 0.0498. The summed E-state index contributed by atoms with van der Waals surface area (Å²) >= 11 is 3.50. The lowest BCUT2D eigenvalue weighted by Crippen LogP contribution is -2.04. The van der Waals surface area contributed by atoms with Crippen LogP contribution in [-0.4, -0.2) is 21.9 Å². The average Bonchev–Trinajstić information content (AvgIpc) is 2.47. The molecule has 1 N–H and O–H groups in total. The van der Waals surface area contributed by atoms with Crippen molar-refractivity contribution in [3.63, 3.8) is 0 Å². The Hall–Kier alpha value is -2.02. The van der Waals surface area contributed by atoms with Crippen LogP contribution < -0.4 is 5.32 Å². The molecule has 110 valence electrons. The number of hydrogen-bond donors (Lipinski definition) is 1. The van der Waals surface area contributed by atoms with Gasteiger partial charge in [-0.05, 0) is 34.0 Å². The summed E-state index contributed by atoms with van der Waals surface area (Å²) in [6.45, 7) is 4.10. The number of halogens is 1. The summed E-state index contributed by atoms with van der Waals surface area (Å²) in [6, 6.07) is 6.22. The van der Waals surface area contributed by atoms with Crippen molar-refractivity contribution in [2.75, 3.05) is 12.4 Å². The largest absolute Gasteiger partial charge is 0.372 e. The van der Waals surface area contributed by atoms with Crippen molar-refractivity contribution >= 4 is 27.4 Å². The van der Waals surface area contributed by atoms with E-state index >= 15 is 0 Å². The second-order valence-electron chi connectivity index (χ2n) is 4.80. The first-order valence-electron chi connectivity index (χ1n) is 6.44. The Morgan fingerprint density at radius 3 is 2.33 bits per heavy atom. The lowest BCUT2D eigenvalue weighted by Gasteiger charge is -2.13. The standard InChI is InChI=1S/C14H15BrN4O2/c1-8(2)12-11(15)14(16-3)18-13(17-12)9-4-6-10(7-5-9)19(20)21/h4-8H,1-3H3,(H,16,17,18). The van der Waals surface area contributed by atoms with Crippen LogP contribution in [0, 0.1) is 10.1 Å². The monoisotopic (exact) mass is 350 g/mol. The number of anilines is 1. The van der Waals surface area contributed by atoms with Crippen LogP contribution in [0.3, 0.4) is 0 Å². The molecule has 0 aliphatic carbocycles. The zero-order valence-corrected chi connectivity index (χ0v) is 13.5. The van der Waals surface area contributed by atoms with Gasteiger partial charge in [-0.2, -0.15) is 0 Å². The van der Waals surface area contributed by atoms with Crippen LogP contribution in [0.5, 0.6) is 0 Å². The summed E-state index contributed by atoms with van der Waals surface area (Å²) in [7, 11) is 1.79. The van der Waals surface area contributed by atoms with Gasteiger partial charge in [-0.25, -0.2) is 9.97 Å². The van der Waals surface area contributed by atoms with E-state index in [9.17, 15) is 10.1 Å². The molecule has 0 amide bonds. The van der Waals surface area contributed by atoms with E-state index in [0.717, 1.165) is 15.7 Å². The van der Waals surface area contributed by atoms with Gasteiger partial charge in [0.15, 0.2) is 5.82 Å². The first-order valence-corrected chi connectivity index (χ1v) is 7.23. The summed E-state index contributed by atoms with van der Waals surface area (Å²) in [5.41, 5.74) is 1.68. The minimum atomic E-state index is -0.426. The van der Waals surface area contributed by atoms with Crippen molar-refractivity contribution in [3.8, 4) is 11.4 Å². The Morgan fingerprint density at radius 1 is 1.24 bits per heavy atom. The average molecular weight is 351 g/mol. The smallest absolute Gasteiger partial charge is 0.269 e. The molecule has 0 atom stereocenters. The van der Waals surface area contributed by atoms with Gasteiger partial charge in [-0.1, -0.05) is 13.8 Å². The molecule has 1 aromatic heterocycles. The third kappa shape index (κ3) is 3.18.